The van der Waals surface area contributed by atoms with Gasteiger partial charge in [-0.1, -0.05) is 12.1 Å². The summed E-state index contributed by atoms with van der Waals surface area (Å²) in [5, 5.41) is 0. The number of hydrogen-bond donors (Lipinski definition) is 0. The van der Waals surface area contributed by atoms with E-state index in [9.17, 15) is 0 Å². The lowest BCUT2D eigenvalue weighted by Crippen LogP contribution is -2.30. The van der Waals surface area contributed by atoms with E-state index >= 15 is 0 Å². The number of nitrogens with zero attached hydrogens (tertiary/aromatic N) is 4. The Morgan fingerprint density at radius 3 is 2.46 bits per heavy atom. The van der Waals surface area contributed by atoms with E-state index in [1.165, 1.54) is 24.8 Å². The molecule has 1 saturated heterocycles. The minimum absolute atomic E-state index is 0.222. The van der Waals surface area contributed by atoms with Crippen molar-refractivity contribution < 1.29 is 4.74 Å². The minimum Gasteiger partial charge on any atom is -0.497 e. The van der Waals surface area contributed by atoms with Crippen molar-refractivity contribution in [2.45, 2.75) is 32.2 Å². The van der Waals surface area contributed by atoms with Crippen molar-refractivity contribution in [3.8, 4) is 5.75 Å². The van der Waals surface area contributed by atoms with Gasteiger partial charge in [0.1, 0.15) is 23.7 Å². The molecule has 0 spiro atoms. The maximum absolute atomic E-state index is 5.24. The van der Waals surface area contributed by atoms with Crippen LogP contribution in [-0.4, -0.2) is 37.2 Å². The Kier molecular flexibility index (Phi) is 5.18. The maximum Gasteiger partial charge on any atom is 0.134 e. The Labute approximate surface area is 144 Å². The molecule has 1 fully saturated rings. The zero-order valence-electron chi connectivity index (χ0n) is 14.8. The van der Waals surface area contributed by atoms with Crippen LogP contribution in [-0.2, 0) is 0 Å². The first-order valence-corrected chi connectivity index (χ1v) is 8.63. The first-order valence-electron chi connectivity index (χ1n) is 8.63. The fraction of sp³-hybridized carbons (Fsp3) is 0.474. The molecule has 3 rings (SSSR count). The predicted octanol–water partition coefficient (Wildman–Crippen LogP) is 3.67. The van der Waals surface area contributed by atoms with Crippen LogP contribution in [0, 0.1) is 0 Å². The molecule has 1 atom stereocenters. The van der Waals surface area contributed by atoms with Crippen LogP contribution in [0.15, 0.2) is 36.7 Å². The summed E-state index contributed by atoms with van der Waals surface area (Å²) in [6.07, 6.45) is 5.49. The fourth-order valence-corrected chi connectivity index (χ4v) is 3.13. The minimum atomic E-state index is 0.222. The molecule has 1 aliphatic heterocycles. The van der Waals surface area contributed by atoms with Crippen LogP contribution in [0.5, 0.6) is 5.75 Å². The zero-order valence-corrected chi connectivity index (χ0v) is 14.8. The Morgan fingerprint density at radius 1 is 1.08 bits per heavy atom. The lowest BCUT2D eigenvalue weighted by atomic mass is 10.1. The molecule has 0 aliphatic carbocycles. The van der Waals surface area contributed by atoms with E-state index in [2.05, 4.69) is 51.9 Å². The second-order valence-corrected chi connectivity index (χ2v) is 6.34. The van der Waals surface area contributed by atoms with Gasteiger partial charge in [-0.25, -0.2) is 9.97 Å². The van der Waals surface area contributed by atoms with Crippen LogP contribution in [0.25, 0.3) is 0 Å². The van der Waals surface area contributed by atoms with Crippen LogP contribution in [0.1, 0.15) is 37.8 Å². The van der Waals surface area contributed by atoms with E-state index in [-0.39, 0.29) is 6.04 Å². The number of piperidine rings is 1. The summed E-state index contributed by atoms with van der Waals surface area (Å²) in [5.74, 6) is 2.87. The highest BCUT2D eigenvalue weighted by Gasteiger charge is 2.17. The summed E-state index contributed by atoms with van der Waals surface area (Å²) in [5.41, 5.74) is 1.23. The van der Waals surface area contributed by atoms with Crippen LogP contribution in [0.3, 0.4) is 0 Å². The van der Waals surface area contributed by atoms with Crippen molar-refractivity contribution in [3.63, 3.8) is 0 Å². The molecule has 2 aromatic rings. The van der Waals surface area contributed by atoms with Crippen molar-refractivity contribution in [1.82, 2.24) is 9.97 Å². The molecule has 1 aromatic heterocycles. The van der Waals surface area contributed by atoms with Gasteiger partial charge in [0.25, 0.3) is 0 Å². The number of aromatic nitrogens is 2. The molecule has 0 saturated carbocycles. The molecule has 5 heteroatoms. The summed E-state index contributed by atoms with van der Waals surface area (Å²) in [6, 6.07) is 10.5. The topological polar surface area (TPSA) is 41.5 Å². The molecule has 0 N–H and O–H groups in total. The van der Waals surface area contributed by atoms with Crippen LogP contribution in [0.2, 0.25) is 0 Å². The molecule has 1 aromatic carbocycles. The normalized spacial score (nSPS) is 15.9. The third-order valence-corrected chi connectivity index (χ3v) is 4.86. The number of ether oxygens (including phenoxy) is 1. The van der Waals surface area contributed by atoms with E-state index in [0.717, 1.165) is 30.5 Å². The highest BCUT2D eigenvalue weighted by atomic mass is 16.5. The van der Waals surface area contributed by atoms with Gasteiger partial charge >= 0.3 is 0 Å². The van der Waals surface area contributed by atoms with Crippen molar-refractivity contribution in [3.05, 3.63) is 42.2 Å². The van der Waals surface area contributed by atoms with Crippen LogP contribution >= 0.6 is 0 Å². The third-order valence-electron chi connectivity index (χ3n) is 4.86. The zero-order chi connectivity index (χ0) is 16.9. The number of anilines is 2. The largest absolute Gasteiger partial charge is 0.497 e. The SMILES string of the molecule is COc1ccc(C(C)N(C)c2cc(N3CCCCC3)ncn2)cc1. The summed E-state index contributed by atoms with van der Waals surface area (Å²) in [4.78, 5) is 13.5. The lowest BCUT2D eigenvalue weighted by molar-refractivity contribution is 0.414. The molecule has 2 heterocycles. The Bertz CT molecular complexity index is 653. The van der Waals surface area contributed by atoms with E-state index < -0.39 is 0 Å². The highest BCUT2D eigenvalue weighted by Crippen LogP contribution is 2.27. The van der Waals surface area contributed by atoms with E-state index in [1.807, 2.05) is 12.1 Å². The molecule has 5 nitrogen and oxygen atoms in total. The molecule has 1 unspecified atom stereocenters. The van der Waals surface area contributed by atoms with Gasteiger partial charge in [-0.2, -0.15) is 0 Å². The molecule has 0 radical (unpaired) electrons. The average Bonchev–Trinajstić information content (AvgIpc) is 2.67. The third kappa shape index (κ3) is 3.61. The quantitative estimate of drug-likeness (QED) is 0.838. The lowest BCUT2D eigenvalue weighted by Gasteiger charge is -2.30. The van der Waals surface area contributed by atoms with Gasteiger partial charge in [-0.3, -0.25) is 0 Å². The standard InChI is InChI=1S/C19H26N4O/c1-15(16-7-9-17(24-3)10-8-16)22(2)18-13-19(21-14-20-18)23-11-5-4-6-12-23/h7-10,13-15H,4-6,11-12H2,1-3H3. The number of benzene rings is 1. The van der Waals surface area contributed by atoms with Crippen LogP contribution in [0.4, 0.5) is 11.6 Å². The van der Waals surface area contributed by atoms with Gasteiger partial charge in [-0.05, 0) is 43.9 Å². The van der Waals surface area contributed by atoms with E-state index in [4.69, 9.17) is 4.74 Å². The Morgan fingerprint density at radius 2 is 1.79 bits per heavy atom. The molecule has 24 heavy (non-hydrogen) atoms. The van der Waals surface area contributed by atoms with E-state index in [1.54, 1.807) is 13.4 Å². The fourth-order valence-electron chi connectivity index (χ4n) is 3.13. The van der Waals surface area contributed by atoms with Gasteiger partial charge < -0.3 is 14.5 Å². The van der Waals surface area contributed by atoms with Crippen molar-refractivity contribution in [2.75, 3.05) is 37.0 Å². The van der Waals surface area contributed by atoms with Crippen molar-refractivity contribution in [1.29, 1.82) is 0 Å². The first-order chi connectivity index (χ1) is 11.7. The Hall–Kier alpha value is -2.30. The van der Waals surface area contributed by atoms with Gasteiger partial charge in [-0.15, -0.1) is 0 Å². The number of rotatable bonds is 5. The van der Waals surface area contributed by atoms with Crippen molar-refractivity contribution in [2.24, 2.45) is 0 Å². The van der Waals surface area contributed by atoms with E-state index in [0.29, 0.717) is 0 Å². The van der Waals surface area contributed by atoms with Gasteiger partial charge in [0.15, 0.2) is 0 Å². The smallest absolute Gasteiger partial charge is 0.134 e. The van der Waals surface area contributed by atoms with Gasteiger partial charge in [0, 0.05) is 26.2 Å². The molecular weight excluding hydrogens is 300 g/mol. The second-order valence-electron chi connectivity index (χ2n) is 6.34. The molecule has 1 aliphatic rings. The molecule has 0 amide bonds. The number of hydrogen-bond acceptors (Lipinski definition) is 5. The molecule has 0 bridgehead atoms. The summed E-state index contributed by atoms with van der Waals surface area (Å²) in [6.45, 7) is 4.37. The summed E-state index contributed by atoms with van der Waals surface area (Å²) >= 11 is 0. The second kappa shape index (κ2) is 7.51. The summed E-state index contributed by atoms with van der Waals surface area (Å²) in [7, 11) is 3.77. The molecular formula is C19H26N4O. The summed E-state index contributed by atoms with van der Waals surface area (Å²) < 4.78 is 5.24. The van der Waals surface area contributed by atoms with Gasteiger partial charge in [0.05, 0.1) is 13.2 Å². The monoisotopic (exact) mass is 326 g/mol. The highest BCUT2D eigenvalue weighted by molar-refractivity contribution is 5.51. The average molecular weight is 326 g/mol. The predicted molar refractivity (Wildman–Crippen MR) is 97.9 cm³/mol. The first kappa shape index (κ1) is 16.6. The van der Waals surface area contributed by atoms with Crippen molar-refractivity contribution >= 4 is 11.6 Å². The number of methoxy groups -OCH3 is 1. The maximum atomic E-state index is 5.24. The Balaban J connectivity index is 1.76. The van der Waals surface area contributed by atoms with Crippen LogP contribution < -0.4 is 14.5 Å². The molecule has 128 valence electrons. The van der Waals surface area contributed by atoms with Gasteiger partial charge in [0.2, 0.25) is 0 Å².